The molecule has 19 heavy (non-hydrogen) atoms. The minimum atomic E-state index is -0.445. The van der Waals surface area contributed by atoms with E-state index < -0.39 is 11.2 Å². The van der Waals surface area contributed by atoms with Crippen LogP contribution in [-0.2, 0) is 6.54 Å². The van der Waals surface area contributed by atoms with Crippen molar-refractivity contribution in [2.45, 2.75) is 13.5 Å². The van der Waals surface area contributed by atoms with E-state index in [9.17, 15) is 9.59 Å². The Hall–Kier alpha value is -1.89. The zero-order valence-corrected chi connectivity index (χ0v) is 11.9. The van der Waals surface area contributed by atoms with Crippen LogP contribution in [0.4, 0.5) is 5.82 Å². The fraction of sp³-hybridized carbons (Fsp3) is 0.250. The summed E-state index contributed by atoms with van der Waals surface area (Å²) in [6.45, 7) is 3.06. The molecule has 7 heteroatoms. The van der Waals surface area contributed by atoms with Crippen LogP contribution in [0.5, 0.6) is 0 Å². The van der Waals surface area contributed by atoms with Crippen LogP contribution in [0.2, 0.25) is 0 Å². The van der Waals surface area contributed by atoms with Gasteiger partial charge in [-0.15, -0.1) is 0 Å². The van der Waals surface area contributed by atoms with Crippen molar-refractivity contribution in [3.8, 4) is 0 Å². The van der Waals surface area contributed by atoms with Gasteiger partial charge in [-0.1, -0.05) is 6.07 Å². The first-order chi connectivity index (χ1) is 9.11. The van der Waals surface area contributed by atoms with E-state index in [1.165, 1.54) is 10.8 Å². The second-order valence-corrected chi connectivity index (χ2v) is 4.76. The highest BCUT2D eigenvalue weighted by Gasteiger charge is 2.06. The van der Waals surface area contributed by atoms with Crippen molar-refractivity contribution in [1.82, 2.24) is 14.5 Å². The molecule has 2 aromatic heterocycles. The fourth-order valence-electron chi connectivity index (χ4n) is 1.68. The van der Waals surface area contributed by atoms with Crippen LogP contribution in [0.25, 0.3) is 0 Å². The normalized spacial score (nSPS) is 10.4. The van der Waals surface area contributed by atoms with Gasteiger partial charge in [0, 0.05) is 24.5 Å². The van der Waals surface area contributed by atoms with Gasteiger partial charge in [-0.25, -0.2) is 9.78 Å². The van der Waals surface area contributed by atoms with E-state index in [4.69, 9.17) is 0 Å². The number of aromatic nitrogens is 3. The third-order valence-corrected chi connectivity index (χ3v) is 3.11. The molecule has 0 spiro atoms. The summed E-state index contributed by atoms with van der Waals surface area (Å²) < 4.78 is 1.74. The maximum atomic E-state index is 11.7. The molecule has 0 bridgehead atoms. The monoisotopic (exact) mass is 324 g/mol. The fourth-order valence-corrected chi connectivity index (χ4v) is 2.02. The number of nitrogens with zero attached hydrogens (tertiary/aromatic N) is 2. The maximum Gasteiger partial charge on any atom is 0.328 e. The molecule has 0 radical (unpaired) electrons. The van der Waals surface area contributed by atoms with E-state index in [1.807, 2.05) is 19.1 Å². The predicted octanol–water partition coefficient (Wildman–Crippen LogP) is 1.17. The summed E-state index contributed by atoms with van der Waals surface area (Å²) in [6, 6.07) is 3.69. The Balaban J connectivity index is 2.39. The lowest BCUT2D eigenvalue weighted by Crippen LogP contribution is -2.30. The molecule has 2 N–H and O–H groups in total. The van der Waals surface area contributed by atoms with E-state index >= 15 is 0 Å². The molecule has 0 aliphatic heterocycles. The summed E-state index contributed by atoms with van der Waals surface area (Å²) in [5, 5.41) is 3.13. The van der Waals surface area contributed by atoms with Crippen molar-refractivity contribution in [3.63, 3.8) is 0 Å². The highest BCUT2D eigenvalue weighted by atomic mass is 79.9. The molecule has 0 atom stereocenters. The molecule has 0 aromatic carbocycles. The van der Waals surface area contributed by atoms with Crippen molar-refractivity contribution in [2.24, 2.45) is 0 Å². The van der Waals surface area contributed by atoms with E-state index in [2.05, 4.69) is 31.2 Å². The standard InChI is InChI=1S/C12H13BrN4O2/c1-2-14-10-8(4-3-5-15-10)6-17-7-9(13)11(18)16-12(17)19/h3-5,7H,2,6H2,1H3,(H,14,15)(H,16,18,19). The summed E-state index contributed by atoms with van der Waals surface area (Å²) in [6.07, 6.45) is 3.16. The topological polar surface area (TPSA) is 79.8 Å². The number of H-pyrrole nitrogens is 1. The van der Waals surface area contributed by atoms with E-state index in [1.54, 1.807) is 6.20 Å². The largest absolute Gasteiger partial charge is 0.370 e. The van der Waals surface area contributed by atoms with Gasteiger partial charge in [-0.05, 0) is 28.9 Å². The van der Waals surface area contributed by atoms with Gasteiger partial charge < -0.3 is 5.32 Å². The Morgan fingerprint density at radius 3 is 3.00 bits per heavy atom. The molecule has 0 aliphatic rings. The number of halogens is 1. The lowest BCUT2D eigenvalue weighted by atomic mass is 10.2. The maximum absolute atomic E-state index is 11.7. The number of anilines is 1. The van der Waals surface area contributed by atoms with E-state index in [-0.39, 0.29) is 0 Å². The highest BCUT2D eigenvalue weighted by molar-refractivity contribution is 9.10. The molecular formula is C12H13BrN4O2. The molecule has 0 saturated carbocycles. The summed E-state index contributed by atoms with van der Waals surface area (Å²) in [5.41, 5.74) is 0.00393. The number of aromatic amines is 1. The van der Waals surface area contributed by atoms with Crippen LogP contribution < -0.4 is 16.6 Å². The number of hydrogen-bond acceptors (Lipinski definition) is 4. The van der Waals surface area contributed by atoms with Crippen LogP contribution in [0, 0.1) is 0 Å². The molecule has 0 amide bonds. The van der Waals surface area contributed by atoms with Crippen LogP contribution in [0.15, 0.2) is 38.6 Å². The molecular weight excluding hydrogens is 312 g/mol. The van der Waals surface area contributed by atoms with Gasteiger partial charge in [0.1, 0.15) is 5.82 Å². The van der Waals surface area contributed by atoms with Gasteiger partial charge in [0.25, 0.3) is 5.56 Å². The van der Waals surface area contributed by atoms with Crippen molar-refractivity contribution < 1.29 is 0 Å². The summed E-state index contributed by atoms with van der Waals surface area (Å²) in [4.78, 5) is 29.5. The Kier molecular flexibility index (Phi) is 4.16. The Bertz CT molecular complexity index is 693. The molecule has 0 unspecified atom stereocenters. The number of pyridine rings is 1. The molecule has 6 nitrogen and oxygen atoms in total. The molecule has 2 heterocycles. The number of nitrogens with one attached hydrogen (secondary N) is 2. The van der Waals surface area contributed by atoms with Crippen LogP contribution in [-0.4, -0.2) is 21.1 Å². The van der Waals surface area contributed by atoms with E-state index in [0.29, 0.717) is 11.0 Å². The Morgan fingerprint density at radius 1 is 1.47 bits per heavy atom. The third-order valence-electron chi connectivity index (χ3n) is 2.54. The van der Waals surface area contributed by atoms with Crippen molar-refractivity contribution in [2.75, 3.05) is 11.9 Å². The first kappa shape index (κ1) is 13.5. The van der Waals surface area contributed by atoms with Gasteiger partial charge in [0.05, 0.1) is 11.0 Å². The average molecular weight is 325 g/mol. The minimum absolute atomic E-state index is 0.320. The van der Waals surface area contributed by atoms with Gasteiger partial charge in [0.2, 0.25) is 0 Å². The lowest BCUT2D eigenvalue weighted by molar-refractivity contribution is 0.714. The molecule has 2 rings (SSSR count). The first-order valence-corrected chi connectivity index (χ1v) is 6.58. The summed E-state index contributed by atoms with van der Waals surface area (Å²) in [5.74, 6) is 0.735. The molecule has 0 fully saturated rings. The Labute approximate surface area is 117 Å². The zero-order valence-electron chi connectivity index (χ0n) is 10.3. The second-order valence-electron chi connectivity index (χ2n) is 3.91. The van der Waals surface area contributed by atoms with Crippen LogP contribution >= 0.6 is 15.9 Å². The lowest BCUT2D eigenvalue weighted by Gasteiger charge is -2.10. The van der Waals surface area contributed by atoms with Gasteiger partial charge in [-0.2, -0.15) is 0 Å². The molecule has 100 valence electrons. The SMILES string of the molecule is CCNc1ncccc1Cn1cc(Br)c(=O)[nH]c1=O. The molecule has 0 saturated heterocycles. The van der Waals surface area contributed by atoms with Crippen molar-refractivity contribution in [1.29, 1.82) is 0 Å². The predicted molar refractivity (Wildman–Crippen MR) is 76.5 cm³/mol. The zero-order chi connectivity index (χ0) is 13.8. The first-order valence-electron chi connectivity index (χ1n) is 5.79. The van der Waals surface area contributed by atoms with E-state index in [0.717, 1.165) is 17.9 Å². The number of rotatable bonds is 4. The molecule has 2 aromatic rings. The van der Waals surface area contributed by atoms with Crippen LogP contribution in [0.3, 0.4) is 0 Å². The quantitative estimate of drug-likeness (QED) is 0.884. The van der Waals surface area contributed by atoms with Gasteiger partial charge in [-0.3, -0.25) is 14.3 Å². The molecule has 0 aliphatic carbocycles. The van der Waals surface area contributed by atoms with Crippen LogP contribution in [0.1, 0.15) is 12.5 Å². The smallest absolute Gasteiger partial charge is 0.328 e. The van der Waals surface area contributed by atoms with Crippen molar-refractivity contribution >= 4 is 21.7 Å². The van der Waals surface area contributed by atoms with Gasteiger partial charge in [0.15, 0.2) is 0 Å². The third kappa shape index (κ3) is 3.11. The highest BCUT2D eigenvalue weighted by Crippen LogP contribution is 2.12. The van der Waals surface area contributed by atoms with Gasteiger partial charge >= 0.3 is 5.69 Å². The number of hydrogen-bond donors (Lipinski definition) is 2. The summed E-state index contributed by atoms with van der Waals surface area (Å²) in [7, 11) is 0. The average Bonchev–Trinajstić information content (AvgIpc) is 2.38. The Morgan fingerprint density at radius 2 is 2.26 bits per heavy atom. The second kappa shape index (κ2) is 5.83. The van der Waals surface area contributed by atoms with Crippen molar-refractivity contribution in [3.05, 3.63) is 55.4 Å². The minimum Gasteiger partial charge on any atom is -0.370 e. The summed E-state index contributed by atoms with van der Waals surface area (Å²) >= 11 is 3.11.